The van der Waals surface area contributed by atoms with Crippen LogP contribution in [0.15, 0.2) is 23.2 Å². The Balaban J connectivity index is 1.88. The summed E-state index contributed by atoms with van der Waals surface area (Å²) in [5.74, 6) is 1.32. The van der Waals surface area contributed by atoms with Gasteiger partial charge in [-0.15, -0.1) is 23.1 Å². The summed E-state index contributed by atoms with van der Waals surface area (Å²) in [6.45, 7) is 4.45. The number of thiazole rings is 1. The molecule has 1 aromatic carbocycles. The Bertz CT molecular complexity index is 736. The molecule has 1 N–H and O–H groups in total. The van der Waals surface area contributed by atoms with Crippen LogP contribution in [0, 0.1) is 5.92 Å². The Morgan fingerprint density at radius 3 is 3.00 bits per heavy atom. The summed E-state index contributed by atoms with van der Waals surface area (Å²) in [5.41, 5.74) is 2.36. The molecule has 1 amide bonds. The van der Waals surface area contributed by atoms with Crippen LogP contribution in [-0.4, -0.2) is 34.8 Å². The fraction of sp³-hybridized carbons (Fsp3) is 0.438. The molecule has 2 aromatic rings. The number of hydrogen-bond acceptors (Lipinski definition) is 5. The summed E-state index contributed by atoms with van der Waals surface area (Å²) in [6.07, 6.45) is 1.08. The van der Waals surface area contributed by atoms with Gasteiger partial charge < -0.3 is 5.32 Å². The standard InChI is InChI=1S/C16H19N3OS2/c1-9(2)6-10-4-5-11-13(7-10)22-16(18-11)15-19-12(8-21-15)14(20)17-3/h4-5,7,9,12H,6,8H2,1-3H3,(H,17,20)/t12-/m1/s1. The number of nitrogens with zero attached hydrogens (tertiary/aromatic N) is 2. The smallest absolute Gasteiger partial charge is 0.245 e. The van der Waals surface area contributed by atoms with Crippen molar-refractivity contribution < 1.29 is 4.79 Å². The molecule has 1 atom stereocenters. The molecular weight excluding hydrogens is 314 g/mol. The van der Waals surface area contributed by atoms with Crippen molar-refractivity contribution in [3.63, 3.8) is 0 Å². The Morgan fingerprint density at radius 1 is 1.45 bits per heavy atom. The number of nitrogens with one attached hydrogen (secondary N) is 1. The molecular formula is C16H19N3OS2. The average Bonchev–Trinajstić information content (AvgIpc) is 3.11. The molecule has 1 aliphatic heterocycles. The number of likely N-dealkylation sites (N-methyl/N-ethyl adjacent to an activating group) is 1. The highest BCUT2D eigenvalue weighted by molar-refractivity contribution is 8.15. The van der Waals surface area contributed by atoms with Crippen LogP contribution in [0.25, 0.3) is 10.2 Å². The van der Waals surface area contributed by atoms with Crippen LogP contribution in [0.5, 0.6) is 0 Å². The molecule has 0 saturated carbocycles. The third-order valence-electron chi connectivity index (χ3n) is 3.48. The van der Waals surface area contributed by atoms with Gasteiger partial charge in [0.05, 0.1) is 10.2 Å². The second kappa shape index (κ2) is 6.38. The predicted octanol–water partition coefficient (Wildman–Crippen LogP) is 3.10. The first-order chi connectivity index (χ1) is 10.6. The highest BCUT2D eigenvalue weighted by atomic mass is 32.2. The molecule has 6 heteroatoms. The molecule has 0 aliphatic carbocycles. The van der Waals surface area contributed by atoms with Crippen LogP contribution in [0.2, 0.25) is 0 Å². The van der Waals surface area contributed by atoms with Crippen LogP contribution < -0.4 is 5.32 Å². The third kappa shape index (κ3) is 3.17. The van der Waals surface area contributed by atoms with E-state index in [1.54, 1.807) is 30.1 Å². The van der Waals surface area contributed by atoms with Gasteiger partial charge in [0, 0.05) is 12.8 Å². The van der Waals surface area contributed by atoms with E-state index in [0.29, 0.717) is 11.7 Å². The number of rotatable bonds is 4. The molecule has 2 heterocycles. The number of thioether (sulfide) groups is 1. The van der Waals surface area contributed by atoms with Crippen molar-refractivity contribution in [2.45, 2.75) is 26.3 Å². The van der Waals surface area contributed by atoms with Gasteiger partial charge in [-0.25, -0.2) is 4.98 Å². The maximum Gasteiger partial charge on any atom is 0.245 e. The minimum Gasteiger partial charge on any atom is -0.357 e. The van der Waals surface area contributed by atoms with E-state index in [-0.39, 0.29) is 11.9 Å². The van der Waals surface area contributed by atoms with Crippen molar-refractivity contribution in [2.75, 3.05) is 12.8 Å². The normalized spacial score (nSPS) is 18.0. The first-order valence-electron chi connectivity index (χ1n) is 7.39. The average molecular weight is 333 g/mol. The van der Waals surface area contributed by atoms with Crippen LogP contribution in [0.4, 0.5) is 0 Å². The maximum absolute atomic E-state index is 11.7. The molecule has 0 radical (unpaired) electrons. The highest BCUT2D eigenvalue weighted by Crippen LogP contribution is 2.30. The Labute approximate surface area is 138 Å². The van der Waals surface area contributed by atoms with Crippen molar-refractivity contribution >= 4 is 44.3 Å². The maximum atomic E-state index is 11.7. The zero-order chi connectivity index (χ0) is 15.7. The lowest BCUT2D eigenvalue weighted by atomic mass is 10.0. The van der Waals surface area contributed by atoms with Gasteiger partial charge in [-0.05, 0) is 30.0 Å². The number of fused-ring (bicyclic) bond motifs is 1. The second-order valence-corrected chi connectivity index (χ2v) is 7.83. The largest absolute Gasteiger partial charge is 0.357 e. The summed E-state index contributed by atoms with van der Waals surface area (Å²) in [5, 5.41) is 4.47. The first-order valence-corrected chi connectivity index (χ1v) is 9.19. The van der Waals surface area contributed by atoms with Gasteiger partial charge >= 0.3 is 0 Å². The summed E-state index contributed by atoms with van der Waals surface area (Å²) < 4.78 is 1.19. The van der Waals surface area contributed by atoms with Gasteiger partial charge in [0.15, 0.2) is 0 Å². The van der Waals surface area contributed by atoms with E-state index in [2.05, 4.69) is 47.3 Å². The van der Waals surface area contributed by atoms with Crippen LogP contribution in [0.3, 0.4) is 0 Å². The van der Waals surface area contributed by atoms with Crippen molar-refractivity contribution in [1.82, 2.24) is 10.3 Å². The van der Waals surface area contributed by atoms with E-state index >= 15 is 0 Å². The van der Waals surface area contributed by atoms with Gasteiger partial charge in [0.2, 0.25) is 5.91 Å². The fourth-order valence-electron chi connectivity index (χ4n) is 2.45. The van der Waals surface area contributed by atoms with Gasteiger partial charge in [0.1, 0.15) is 16.1 Å². The van der Waals surface area contributed by atoms with E-state index in [1.165, 1.54) is 10.3 Å². The lowest BCUT2D eigenvalue weighted by Crippen LogP contribution is -2.30. The molecule has 3 rings (SSSR count). The lowest BCUT2D eigenvalue weighted by Gasteiger charge is -2.03. The van der Waals surface area contributed by atoms with E-state index in [1.807, 2.05) is 0 Å². The Morgan fingerprint density at radius 2 is 2.27 bits per heavy atom. The van der Waals surface area contributed by atoms with Crippen molar-refractivity contribution in [3.05, 3.63) is 28.8 Å². The van der Waals surface area contributed by atoms with Gasteiger partial charge in [-0.2, -0.15) is 0 Å². The molecule has 4 nitrogen and oxygen atoms in total. The van der Waals surface area contributed by atoms with Crippen LogP contribution in [-0.2, 0) is 11.2 Å². The summed E-state index contributed by atoms with van der Waals surface area (Å²) in [7, 11) is 1.65. The lowest BCUT2D eigenvalue weighted by molar-refractivity contribution is -0.121. The molecule has 0 unspecified atom stereocenters. The summed E-state index contributed by atoms with van der Waals surface area (Å²) >= 11 is 3.28. The second-order valence-electron chi connectivity index (χ2n) is 5.79. The number of benzene rings is 1. The zero-order valence-electron chi connectivity index (χ0n) is 12.9. The zero-order valence-corrected chi connectivity index (χ0v) is 14.6. The van der Waals surface area contributed by atoms with Crippen molar-refractivity contribution in [2.24, 2.45) is 10.9 Å². The summed E-state index contributed by atoms with van der Waals surface area (Å²) in [4.78, 5) is 20.8. The number of aromatic nitrogens is 1. The third-order valence-corrected chi connectivity index (χ3v) is 5.69. The molecule has 1 aromatic heterocycles. The number of hydrogen-bond donors (Lipinski definition) is 1. The number of aliphatic imine (C=N–C) groups is 1. The fourth-order valence-corrected chi connectivity index (χ4v) is 4.59. The molecule has 116 valence electrons. The SMILES string of the molecule is CNC(=O)[C@H]1CSC(c2nc3ccc(CC(C)C)cc3s2)=N1. The van der Waals surface area contributed by atoms with E-state index in [9.17, 15) is 4.79 Å². The van der Waals surface area contributed by atoms with Gasteiger partial charge in [0.25, 0.3) is 0 Å². The minimum atomic E-state index is -0.284. The van der Waals surface area contributed by atoms with Crippen molar-refractivity contribution in [3.8, 4) is 0 Å². The molecule has 0 bridgehead atoms. The van der Waals surface area contributed by atoms with E-state index in [0.717, 1.165) is 22.0 Å². The monoisotopic (exact) mass is 333 g/mol. The van der Waals surface area contributed by atoms with Gasteiger partial charge in [-0.1, -0.05) is 19.9 Å². The summed E-state index contributed by atoms with van der Waals surface area (Å²) in [6, 6.07) is 6.19. The van der Waals surface area contributed by atoms with E-state index < -0.39 is 0 Å². The number of amides is 1. The van der Waals surface area contributed by atoms with Crippen LogP contribution >= 0.6 is 23.1 Å². The molecule has 0 saturated heterocycles. The molecule has 1 aliphatic rings. The Kier molecular flexibility index (Phi) is 4.49. The quantitative estimate of drug-likeness (QED) is 0.935. The predicted molar refractivity (Wildman–Crippen MR) is 95.0 cm³/mol. The minimum absolute atomic E-state index is 0.0252. The molecule has 0 spiro atoms. The first kappa shape index (κ1) is 15.5. The van der Waals surface area contributed by atoms with E-state index in [4.69, 9.17) is 0 Å². The van der Waals surface area contributed by atoms with Gasteiger partial charge in [-0.3, -0.25) is 9.79 Å². The highest BCUT2D eigenvalue weighted by Gasteiger charge is 2.26. The van der Waals surface area contributed by atoms with Crippen molar-refractivity contribution in [1.29, 1.82) is 0 Å². The van der Waals surface area contributed by atoms with Crippen LogP contribution in [0.1, 0.15) is 24.4 Å². The molecule has 0 fully saturated rings. The number of carbonyl (C=O) groups excluding carboxylic acids is 1. The number of carbonyl (C=O) groups is 1. The molecule has 22 heavy (non-hydrogen) atoms. The Hall–Kier alpha value is -1.40. The topological polar surface area (TPSA) is 54.4 Å².